The molecule has 0 bridgehead atoms. The first-order chi connectivity index (χ1) is 11.4. The highest BCUT2D eigenvalue weighted by molar-refractivity contribution is 7.89. The third kappa shape index (κ3) is 2.51. The zero-order chi connectivity index (χ0) is 16.9. The van der Waals surface area contributed by atoms with E-state index in [1.807, 2.05) is 6.92 Å². The lowest BCUT2D eigenvalue weighted by atomic mass is 10.0. The molecule has 1 aliphatic rings. The number of fused-ring (bicyclic) bond motifs is 2. The van der Waals surface area contributed by atoms with E-state index in [0.717, 1.165) is 29.9 Å². The number of imidazole rings is 1. The highest BCUT2D eigenvalue weighted by atomic mass is 32.2. The fourth-order valence-corrected chi connectivity index (χ4v) is 3.50. The first-order valence-corrected chi connectivity index (χ1v) is 9.03. The third-order valence-electron chi connectivity index (χ3n) is 4.29. The Morgan fingerprint density at radius 1 is 1.29 bits per heavy atom. The molecule has 3 aromatic rings. The number of anilines is 1. The smallest absolute Gasteiger partial charge is 0.238 e. The quantitative estimate of drug-likeness (QED) is 0.712. The number of nitrogens with zero attached hydrogens (tertiary/aromatic N) is 4. The van der Waals surface area contributed by atoms with Crippen LogP contribution in [-0.2, 0) is 23.0 Å². The zero-order valence-corrected chi connectivity index (χ0v) is 13.8. The fourth-order valence-electron chi connectivity index (χ4n) is 2.96. The molecule has 0 atom stereocenters. The van der Waals surface area contributed by atoms with E-state index in [1.165, 1.54) is 12.1 Å². The molecule has 0 aliphatic carbocycles. The van der Waals surface area contributed by atoms with Crippen molar-refractivity contribution in [2.24, 2.45) is 5.14 Å². The Balaban J connectivity index is 1.71. The summed E-state index contributed by atoms with van der Waals surface area (Å²) >= 11 is 0. The zero-order valence-electron chi connectivity index (χ0n) is 13.0. The minimum atomic E-state index is -3.73. The van der Waals surface area contributed by atoms with Crippen molar-refractivity contribution in [3.8, 4) is 0 Å². The van der Waals surface area contributed by atoms with Crippen molar-refractivity contribution in [2.45, 2.75) is 24.8 Å². The molecule has 124 valence electrons. The van der Waals surface area contributed by atoms with E-state index in [4.69, 9.17) is 5.14 Å². The van der Waals surface area contributed by atoms with Crippen LogP contribution in [0.1, 0.15) is 17.0 Å². The highest BCUT2D eigenvalue weighted by Crippen LogP contribution is 2.25. The van der Waals surface area contributed by atoms with Crippen LogP contribution in [0.5, 0.6) is 0 Å². The number of benzene rings is 1. The molecule has 24 heavy (non-hydrogen) atoms. The van der Waals surface area contributed by atoms with Crippen molar-refractivity contribution in [3.05, 3.63) is 41.5 Å². The fraction of sp³-hybridized carbons (Fsp3) is 0.267. The first kappa shape index (κ1) is 15.0. The summed E-state index contributed by atoms with van der Waals surface area (Å²) in [6.45, 7) is 3.43. The second kappa shape index (κ2) is 5.25. The number of aromatic amines is 1. The lowest BCUT2D eigenvalue weighted by Gasteiger charge is -2.28. The lowest BCUT2D eigenvalue weighted by Crippen LogP contribution is -2.32. The SMILES string of the molecule is Cc1ncnc2c1CN(c1nc3ccc(S(N)(=O)=O)cc3[nH]1)CC2. The van der Waals surface area contributed by atoms with Gasteiger partial charge in [-0.3, -0.25) is 0 Å². The van der Waals surface area contributed by atoms with Gasteiger partial charge in [-0.2, -0.15) is 0 Å². The summed E-state index contributed by atoms with van der Waals surface area (Å²) in [5.41, 5.74) is 4.51. The summed E-state index contributed by atoms with van der Waals surface area (Å²) < 4.78 is 23.0. The molecule has 1 aliphatic heterocycles. The van der Waals surface area contributed by atoms with Crippen LogP contribution in [0.3, 0.4) is 0 Å². The number of sulfonamides is 1. The van der Waals surface area contributed by atoms with Gasteiger partial charge in [-0.15, -0.1) is 0 Å². The van der Waals surface area contributed by atoms with Crippen LogP contribution in [0.25, 0.3) is 11.0 Å². The number of H-pyrrole nitrogens is 1. The average Bonchev–Trinajstić information content (AvgIpc) is 2.97. The van der Waals surface area contributed by atoms with E-state index in [9.17, 15) is 8.42 Å². The van der Waals surface area contributed by atoms with Crippen molar-refractivity contribution < 1.29 is 8.42 Å². The van der Waals surface area contributed by atoms with Crippen LogP contribution in [0.2, 0.25) is 0 Å². The topological polar surface area (TPSA) is 118 Å². The van der Waals surface area contributed by atoms with Gasteiger partial charge in [0.1, 0.15) is 6.33 Å². The summed E-state index contributed by atoms with van der Waals surface area (Å²) in [6, 6.07) is 4.63. The summed E-state index contributed by atoms with van der Waals surface area (Å²) in [4.78, 5) is 18.5. The Labute approximate surface area is 138 Å². The predicted molar refractivity (Wildman–Crippen MR) is 89.0 cm³/mol. The number of rotatable bonds is 2. The van der Waals surface area contributed by atoms with Gasteiger partial charge in [0.15, 0.2) is 0 Å². The van der Waals surface area contributed by atoms with E-state index in [-0.39, 0.29) is 4.90 Å². The minimum absolute atomic E-state index is 0.0680. The number of nitrogens with two attached hydrogens (primary N) is 1. The molecule has 2 aromatic heterocycles. The molecule has 0 fully saturated rings. The molecule has 0 amide bonds. The monoisotopic (exact) mass is 344 g/mol. The van der Waals surface area contributed by atoms with Crippen molar-refractivity contribution >= 4 is 27.0 Å². The van der Waals surface area contributed by atoms with Crippen molar-refractivity contribution in [1.82, 2.24) is 19.9 Å². The molecule has 3 heterocycles. The van der Waals surface area contributed by atoms with Gasteiger partial charge in [-0.05, 0) is 25.1 Å². The van der Waals surface area contributed by atoms with Crippen molar-refractivity contribution in [2.75, 3.05) is 11.4 Å². The van der Waals surface area contributed by atoms with E-state index >= 15 is 0 Å². The maximum atomic E-state index is 11.5. The van der Waals surface area contributed by atoms with Gasteiger partial charge in [0.2, 0.25) is 16.0 Å². The minimum Gasteiger partial charge on any atom is -0.338 e. The Morgan fingerprint density at radius 3 is 2.92 bits per heavy atom. The van der Waals surface area contributed by atoms with Gasteiger partial charge >= 0.3 is 0 Å². The molecule has 0 saturated carbocycles. The van der Waals surface area contributed by atoms with Crippen LogP contribution in [0.15, 0.2) is 29.4 Å². The summed E-state index contributed by atoms with van der Waals surface area (Å²) in [5, 5.41) is 5.18. The second-order valence-corrected chi connectivity index (χ2v) is 7.40. The average molecular weight is 344 g/mol. The standard InChI is InChI=1S/C15H16N6O2S/c1-9-11-7-21(5-4-12(11)18-8-17-9)15-19-13-3-2-10(24(16,22)23)6-14(13)20-15/h2-3,6,8H,4-5,7H2,1H3,(H,19,20)(H2,16,22,23). The molecule has 1 aromatic carbocycles. The van der Waals surface area contributed by atoms with Gasteiger partial charge in [0, 0.05) is 30.8 Å². The molecular weight excluding hydrogens is 328 g/mol. The Morgan fingerprint density at radius 2 is 2.12 bits per heavy atom. The molecule has 0 saturated heterocycles. The van der Waals surface area contributed by atoms with Gasteiger partial charge in [-0.25, -0.2) is 28.5 Å². The van der Waals surface area contributed by atoms with Gasteiger partial charge in [0.25, 0.3) is 0 Å². The van der Waals surface area contributed by atoms with E-state index in [0.29, 0.717) is 23.5 Å². The molecule has 8 nitrogen and oxygen atoms in total. The molecule has 0 unspecified atom stereocenters. The second-order valence-electron chi connectivity index (χ2n) is 5.84. The van der Waals surface area contributed by atoms with E-state index in [2.05, 4.69) is 24.8 Å². The number of hydrogen-bond donors (Lipinski definition) is 2. The number of aromatic nitrogens is 4. The number of hydrogen-bond acceptors (Lipinski definition) is 6. The van der Waals surface area contributed by atoms with Crippen molar-refractivity contribution in [3.63, 3.8) is 0 Å². The van der Waals surface area contributed by atoms with Crippen LogP contribution in [-0.4, -0.2) is 34.9 Å². The number of nitrogens with one attached hydrogen (secondary N) is 1. The Bertz CT molecular complexity index is 1040. The molecule has 0 radical (unpaired) electrons. The Hall–Kier alpha value is -2.52. The van der Waals surface area contributed by atoms with E-state index < -0.39 is 10.0 Å². The van der Waals surface area contributed by atoms with Crippen LogP contribution in [0, 0.1) is 6.92 Å². The molecule has 0 spiro atoms. The van der Waals surface area contributed by atoms with Crippen LogP contribution < -0.4 is 10.0 Å². The number of aryl methyl sites for hydroxylation is 1. The molecule has 3 N–H and O–H groups in total. The number of primary sulfonamides is 1. The first-order valence-electron chi connectivity index (χ1n) is 7.49. The lowest BCUT2D eigenvalue weighted by molar-refractivity contribution is 0.598. The van der Waals surface area contributed by atoms with Crippen LogP contribution in [0.4, 0.5) is 5.95 Å². The summed E-state index contributed by atoms with van der Waals surface area (Å²) in [5.74, 6) is 0.700. The molecule has 9 heteroatoms. The summed E-state index contributed by atoms with van der Waals surface area (Å²) in [7, 11) is -3.73. The highest BCUT2D eigenvalue weighted by Gasteiger charge is 2.22. The normalized spacial score (nSPS) is 14.8. The van der Waals surface area contributed by atoms with Crippen LogP contribution >= 0.6 is 0 Å². The maximum Gasteiger partial charge on any atom is 0.238 e. The van der Waals surface area contributed by atoms with Gasteiger partial charge in [0.05, 0.1) is 21.6 Å². The van der Waals surface area contributed by atoms with E-state index in [1.54, 1.807) is 12.4 Å². The molecular formula is C15H16N6O2S. The predicted octanol–water partition coefficient (Wildman–Crippen LogP) is 0.871. The third-order valence-corrected chi connectivity index (χ3v) is 5.20. The van der Waals surface area contributed by atoms with Gasteiger partial charge in [-0.1, -0.05) is 0 Å². The largest absolute Gasteiger partial charge is 0.338 e. The molecule has 4 rings (SSSR count). The summed E-state index contributed by atoms with van der Waals surface area (Å²) in [6.07, 6.45) is 2.41. The Kier molecular flexibility index (Phi) is 3.29. The maximum absolute atomic E-state index is 11.5. The van der Waals surface area contributed by atoms with Gasteiger partial charge < -0.3 is 9.88 Å². The van der Waals surface area contributed by atoms with Crippen molar-refractivity contribution in [1.29, 1.82) is 0 Å².